The molecule has 0 atom stereocenters. The Morgan fingerprint density at radius 3 is 2.52 bits per heavy atom. The van der Waals surface area contributed by atoms with Gasteiger partial charge in [-0.1, -0.05) is 42.5 Å². The fourth-order valence-corrected chi connectivity index (χ4v) is 2.95. The summed E-state index contributed by atoms with van der Waals surface area (Å²) in [4.78, 5) is 14.4. The molecule has 1 amide bonds. The van der Waals surface area contributed by atoms with E-state index in [0.717, 1.165) is 11.2 Å². The van der Waals surface area contributed by atoms with E-state index in [9.17, 15) is 4.79 Å². The van der Waals surface area contributed by atoms with E-state index in [2.05, 4.69) is 48.7 Å². The minimum Gasteiger partial charge on any atom is -0.340 e. The molecule has 3 aromatic rings. The lowest BCUT2D eigenvalue weighted by atomic mass is 10.1. The highest BCUT2D eigenvalue weighted by molar-refractivity contribution is 5.84. The topological polar surface area (TPSA) is 25.2 Å². The van der Waals surface area contributed by atoms with Crippen LogP contribution in [0, 0.1) is 13.8 Å². The van der Waals surface area contributed by atoms with Gasteiger partial charge in [0, 0.05) is 24.8 Å². The first kappa shape index (κ1) is 15.3. The third-order valence-electron chi connectivity index (χ3n) is 4.41. The van der Waals surface area contributed by atoms with Crippen LogP contribution >= 0.6 is 0 Å². The largest absolute Gasteiger partial charge is 0.340 e. The molecule has 0 aliphatic rings. The fraction of sp³-hybridized carbons (Fsp3) is 0.250. The third-order valence-corrected chi connectivity index (χ3v) is 4.41. The summed E-state index contributed by atoms with van der Waals surface area (Å²) < 4.78 is 2.09. The summed E-state index contributed by atoms with van der Waals surface area (Å²) in [6, 6.07) is 18.5. The van der Waals surface area contributed by atoms with Crippen molar-refractivity contribution >= 4 is 16.8 Å². The lowest BCUT2D eigenvalue weighted by Gasteiger charge is -2.20. The fourth-order valence-electron chi connectivity index (χ4n) is 2.95. The summed E-state index contributed by atoms with van der Waals surface area (Å²) in [7, 11) is 1.87. The van der Waals surface area contributed by atoms with Gasteiger partial charge in [0.25, 0.3) is 0 Å². The third kappa shape index (κ3) is 3.14. The molecule has 0 saturated heterocycles. The van der Waals surface area contributed by atoms with Crippen molar-refractivity contribution in [1.29, 1.82) is 0 Å². The minimum absolute atomic E-state index is 0.123. The van der Waals surface area contributed by atoms with Crippen molar-refractivity contribution in [2.45, 2.75) is 26.9 Å². The van der Waals surface area contributed by atoms with Gasteiger partial charge in [-0.3, -0.25) is 4.79 Å². The molecule has 0 bridgehead atoms. The second-order valence-corrected chi connectivity index (χ2v) is 6.11. The lowest BCUT2D eigenvalue weighted by Crippen LogP contribution is -2.30. The number of rotatable bonds is 4. The summed E-state index contributed by atoms with van der Waals surface area (Å²) >= 11 is 0. The van der Waals surface area contributed by atoms with Crippen LogP contribution in [0.25, 0.3) is 10.9 Å². The van der Waals surface area contributed by atoms with Gasteiger partial charge in [-0.15, -0.1) is 0 Å². The van der Waals surface area contributed by atoms with Gasteiger partial charge in [0.15, 0.2) is 0 Å². The number of nitrogens with zero attached hydrogens (tertiary/aromatic N) is 2. The number of hydrogen-bond acceptors (Lipinski definition) is 1. The van der Waals surface area contributed by atoms with Gasteiger partial charge in [0.1, 0.15) is 6.54 Å². The molecule has 0 aliphatic heterocycles. The molecule has 1 aromatic heterocycles. The van der Waals surface area contributed by atoms with Crippen molar-refractivity contribution in [3.8, 4) is 0 Å². The average molecular weight is 306 g/mol. The second-order valence-electron chi connectivity index (χ2n) is 6.11. The Bertz CT molecular complexity index is 848. The van der Waals surface area contributed by atoms with Crippen molar-refractivity contribution < 1.29 is 4.79 Å². The number of fused-ring (bicyclic) bond motifs is 1. The lowest BCUT2D eigenvalue weighted by molar-refractivity contribution is -0.131. The molecule has 2 aromatic carbocycles. The first-order valence-electron chi connectivity index (χ1n) is 7.89. The maximum Gasteiger partial charge on any atom is 0.242 e. The predicted molar refractivity (Wildman–Crippen MR) is 94.3 cm³/mol. The zero-order valence-electron chi connectivity index (χ0n) is 13.9. The van der Waals surface area contributed by atoms with E-state index in [4.69, 9.17) is 0 Å². The molecule has 0 N–H and O–H groups in total. The molecule has 3 heteroatoms. The molecule has 0 aliphatic carbocycles. The van der Waals surface area contributed by atoms with E-state index in [0.29, 0.717) is 13.1 Å². The summed E-state index contributed by atoms with van der Waals surface area (Å²) in [5.74, 6) is 0.123. The van der Waals surface area contributed by atoms with E-state index in [1.165, 1.54) is 16.5 Å². The van der Waals surface area contributed by atoms with Gasteiger partial charge in [0.2, 0.25) is 5.91 Å². The average Bonchev–Trinajstić information content (AvgIpc) is 2.85. The number of benzene rings is 2. The maximum atomic E-state index is 12.6. The number of likely N-dealkylation sites (N-methyl/N-ethyl adjacent to an activating group) is 1. The van der Waals surface area contributed by atoms with Gasteiger partial charge < -0.3 is 9.47 Å². The number of amides is 1. The summed E-state index contributed by atoms with van der Waals surface area (Å²) in [5.41, 5.74) is 4.64. The highest BCUT2D eigenvalue weighted by Crippen LogP contribution is 2.19. The first-order chi connectivity index (χ1) is 11.1. The van der Waals surface area contributed by atoms with Gasteiger partial charge >= 0.3 is 0 Å². The first-order valence-corrected chi connectivity index (χ1v) is 7.89. The number of carbonyl (C=O) groups is 1. The van der Waals surface area contributed by atoms with Crippen LogP contribution in [-0.4, -0.2) is 22.4 Å². The number of aryl methyl sites for hydroxylation is 2. The van der Waals surface area contributed by atoms with Gasteiger partial charge in [-0.25, -0.2) is 0 Å². The molecule has 3 nitrogen and oxygen atoms in total. The predicted octanol–water partition coefficient (Wildman–Crippen LogP) is 3.92. The Hall–Kier alpha value is -2.55. The number of hydrogen-bond donors (Lipinski definition) is 0. The molecule has 1 heterocycles. The highest BCUT2D eigenvalue weighted by Gasteiger charge is 2.14. The van der Waals surface area contributed by atoms with Crippen LogP contribution in [0.4, 0.5) is 0 Å². The molecular formula is C20H22N2O. The van der Waals surface area contributed by atoms with E-state index in [1.54, 1.807) is 4.90 Å². The molecule has 3 rings (SSSR count). The van der Waals surface area contributed by atoms with Crippen molar-refractivity contribution in [2.24, 2.45) is 0 Å². The van der Waals surface area contributed by atoms with Gasteiger partial charge in [-0.05, 0) is 42.5 Å². The Balaban J connectivity index is 1.78. The second kappa shape index (κ2) is 6.29. The molecule has 23 heavy (non-hydrogen) atoms. The molecular weight excluding hydrogens is 284 g/mol. The molecule has 0 saturated carbocycles. The summed E-state index contributed by atoms with van der Waals surface area (Å²) in [6.07, 6.45) is 0. The maximum absolute atomic E-state index is 12.6. The Morgan fingerprint density at radius 1 is 1.04 bits per heavy atom. The van der Waals surface area contributed by atoms with Crippen molar-refractivity contribution in [3.05, 3.63) is 71.4 Å². The molecule has 0 spiro atoms. The molecule has 118 valence electrons. The van der Waals surface area contributed by atoms with Crippen molar-refractivity contribution in [3.63, 3.8) is 0 Å². The SMILES string of the molecule is Cc1ccccc1CN(C)C(=O)Cn1c(C)cc2ccccc21. The Labute approximate surface area is 137 Å². The number of para-hydroxylation sites is 1. The van der Waals surface area contributed by atoms with Gasteiger partial charge in [0.05, 0.1) is 0 Å². The molecule has 0 unspecified atom stereocenters. The zero-order valence-corrected chi connectivity index (χ0v) is 13.9. The summed E-state index contributed by atoms with van der Waals surface area (Å²) in [6.45, 7) is 5.15. The van der Waals surface area contributed by atoms with Crippen molar-refractivity contribution in [2.75, 3.05) is 7.05 Å². The highest BCUT2D eigenvalue weighted by atomic mass is 16.2. The van der Waals surface area contributed by atoms with Crippen LogP contribution in [-0.2, 0) is 17.9 Å². The summed E-state index contributed by atoms with van der Waals surface area (Å²) in [5, 5.41) is 1.18. The van der Waals surface area contributed by atoms with Crippen molar-refractivity contribution in [1.82, 2.24) is 9.47 Å². The molecule has 0 fully saturated rings. The monoisotopic (exact) mass is 306 g/mol. The van der Waals surface area contributed by atoms with Crippen LogP contribution < -0.4 is 0 Å². The normalized spacial score (nSPS) is 10.9. The standard InChI is InChI=1S/C20H22N2O/c1-15-8-4-5-10-18(15)13-21(3)20(23)14-22-16(2)12-17-9-6-7-11-19(17)22/h4-12H,13-14H2,1-3H3. The van der Waals surface area contributed by atoms with Crippen LogP contribution in [0.3, 0.4) is 0 Å². The van der Waals surface area contributed by atoms with E-state index >= 15 is 0 Å². The van der Waals surface area contributed by atoms with E-state index in [-0.39, 0.29) is 5.91 Å². The van der Waals surface area contributed by atoms with Crippen LogP contribution in [0.5, 0.6) is 0 Å². The Kier molecular flexibility index (Phi) is 4.20. The minimum atomic E-state index is 0.123. The van der Waals surface area contributed by atoms with Gasteiger partial charge in [-0.2, -0.15) is 0 Å². The van der Waals surface area contributed by atoms with Crippen LogP contribution in [0.1, 0.15) is 16.8 Å². The van der Waals surface area contributed by atoms with E-state index in [1.807, 2.05) is 31.3 Å². The number of aromatic nitrogens is 1. The quantitative estimate of drug-likeness (QED) is 0.717. The zero-order chi connectivity index (χ0) is 16.4. The Morgan fingerprint density at radius 2 is 1.74 bits per heavy atom. The molecule has 0 radical (unpaired) electrons. The number of carbonyl (C=O) groups excluding carboxylic acids is 1. The smallest absolute Gasteiger partial charge is 0.242 e. The van der Waals surface area contributed by atoms with Crippen LogP contribution in [0.2, 0.25) is 0 Å². The van der Waals surface area contributed by atoms with Crippen LogP contribution in [0.15, 0.2) is 54.6 Å². The van der Waals surface area contributed by atoms with E-state index < -0.39 is 0 Å².